The molecule has 1 aromatic heterocycles. The molecule has 4 aromatic rings. The summed E-state index contributed by atoms with van der Waals surface area (Å²) in [4.78, 5) is 19.2. The standard InChI is InChI=1S/C31H33ClN4O3/c32-27-20-23(11-13-30(27)38-19-18-36-16-6-1-7-17-36)22-39-29-14-12-28(25-9-2-3-10-26(25)29)35-31(37)34-21-24-8-4-5-15-33-24/h2-5,8-15,20H,1,6-7,16-19,21-22H2,(H2,34,35,37). The van der Waals surface area contributed by atoms with Crippen molar-refractivity contribution in [3.63, 3.8) is 0 Å². The lowest BCUT2D eigenvalue weighted by Crippen LogP contribution is -2.33. The number of likely N-dealkylation sites (tertiary alicyclic amines) is 1. The van der Waals surface area contributed by atoms with Crippen LogP contribution in [0.2, 0.25) is 5.02 Å². The summed E-state index contributed by atoms with van der Waals surface area (Å²) in [6.07, 6.45) is 5.57. The Hall–Kier alpha value is -3.81. The largest absolute Gasteiger partial charge is 0.491 e. The van der Waals surface area contributed by atoms with Crippen LogP contribution < -0.4 is 20.1 Å². The molecule has 0 atom stereocenters. The van der Waals surface area contributed by atoms with Gasteiger partial charge in [0.2, 0.25) is 0 Å². The molecule has 0 saturated carbocycles. The molecule has 2 amide bonds. The number of pyridine rings is 1. The first-order valence-electron chi connectivity index (χ1n) is 13.4. The van der Waals surface area contributed by atoms with Crippen LogP contribution >= 0.6 is 11.6 Å². The van der Waals surface area contributed by atoms with Crippen LogP contribution in [0.5, 0.6) is 11.5 Å². The number of urea groups is 1. The normalized spacial score (nSPS) is 13.7. The lowest BCUT2D eigenvalue weighted by Gasteiger charge is -2.26. The Morgan fingerprint density at radius 2 is 1.69 bits per heavy atom. The quantitative estimate of drug-likeness (QED) is 0.234. The second-order valence-electron chi connectivity index (χ2n) is 9.59. The zero-order valence-electron chi connectivity index (χ0n) is 21.9. The first-order valence-corrected chi connectivity index (χ1v) is 13.8. The number of hydrogen-bond donors (Lipinski definition) is 2. The van der Waals surface area contributed by atoms with Gasteiger partial charge in [-0.2, -0.15) is 0 Å². The van der Waals surface area contributed by atoms with E-state index in [4.69, 9.17) is 21.1 Å². The molecule has 0 radical (unpaired) electrons. The van der Waals surface area contributed by atoms with E-state index in [2.05, 4.69) is 20.5 Å². The van der Waals surface area contributed by atoms with Crippen LogP contribution in [0.25, 0.3) is 10.8 Å². The van der Waals surface area contributed by atoms with Gasteiger partial charge in [-0.15, -0.1) is 0 Å². The van der Waals surface area contributed by atoms with Gasteiger partial charge in [0.1, 0.15) is 24.7 Å². The Morgan fingerprint density at radius 3 is 2.49 bits per heavy atom. The molecule has 0 spiro atoms. The van der Waals surface area contributed by atoms with Gasteiger partial charge in [0.25, 0.3) is 0 Å². The van der Waals surface area contributed by atoms with Crippen molar-refractivity contribution >= 4 is 34.1 Å². The summed E-state index contributed by atoms with van der Waals surface area (Å²) >= 11 is 6.52. The maximum atomic E-state index is 12.5. The van der Waals surface area contributed by atoms with E-state index in [0.717, 1.165) is 47.4 Å². The average molecular weight is 545 g/mol. The molecule has 1 saturated heterocycles. The van der Waals surface area contributed by atoms with E-state index in [1.165, 1.54) is 19.3 Å². The lowest BCUT2D eigenvalue weighted by molar-refractivity contribution is 0.183. The predicted molar refractivity (Wildman–Crippen MR) is 156 cm³/mol. The third-order valence-corrected chi connectivity index (χ3v) is 7.09. The number of carbonyl (C=O) groups is 1. The highest BCUT2D eigenvalue weighted by Gasteiger charge is 2.12. The number of hydrogen-bond acceptors (Lipinski definition) is 5. The fraction of sp³-hybridized carbons (Fsp3) is 0.290. The monoisotopic (exact) mass is 544 g/mol. The minimum atomic E-state index is -0.299. The fourth-order valence-corrected chi connectivity index (χ4v) is 4.98. The van der Waals surface area contributed by atoms with E-state index in [9.17, 15) is 4.79 Å². The highest BCUT2D eigenvalue weighted by atomic mass is 35.5. The third-order valence-electron chi connectivity index (χ3n) is 6.79. The minimum absolute atomic E-state index is 0.299. The van der Waals surface area contributed by atoms with Gasteiger partial charge < -0.3 is 20.1 Å². The van der Waals surface area contributed by atoms with Crippen LogP contribution in [0.1, 0.15) is 30.5 Å². The second-order valence-corrected chi connectivity index (χ2v) is 10.00. The minimum Gasteiger partial charge on any atom is -0.491 e. The molecule has 3 aromatic carbocycles. The Bertz CT molecular complexity index is 1390. The molecule has 0 bridgehead atoms. The van der Waals surface area contributed by atoms with Crippen molar-refractivity contribution in [2.24, 2.45) is 0 Å². The highest BCUT2D eigenvalue weighted by Crippen LogP contribution is 2.33. The maximum Gasteiger partial charge on any atom is 0.319 e. The zero-order valence-corrected chi connectivity index (χ0v) is 22.6. The summed E-state index contributed by atoms with van der Waals surface area (Å²) in [5, 5.41) is 8.16. The number of carbonyl (C=O) groups excluding carboxylic acids is 1. The van der Waals surface area contributed by atoms with Gasteiger partial charge in [-0.3, -0.25) is 9.88 Å². The summed E-state index contributed by atoms with van der Waals surface area (Å²) < 4.78 is 12.1. The van der Waals surface area contributed by atoms with E-state index >= 15 is 0 Å². The van der Waals surface area contributed by atoms with Gasteiger partial charge in [-0.05, 0) is 67.9 Å². The van der Waals surface area contributed by atoms with Crippen molar-refractivity contribution in [1.82, 2.24) is 15.2 Å². The van der Waals surface area contributed by atoms with Crippen LogP contribution in [-0.2, 0) is 13.2 Å². The number of anilines is 1. The molecule has 5 rings (SSSR count). The highest BCUT2D eigenvalue weighted by molar-refractivity contribution is 6.32. The lowest BCUT2D eigenvalue weighted by atomic mass is 10.1. The average Bonchev–Trinajstić information content (AvgIpc) is 2.98. The summed E-state index contributed by atoms with van der Waals surface area (Å²) in [6, 6.07) is 22.6. The molecule has 1 aliphatic rings. The molecule has 0 unspecified atom stereocenters. The maximum absolute atomic E-state index is 12.5. The summed E-state index contributed by atoms with van der Waals surface area (Å²) in [6.45, 7) is 4.55. The molecule has 2 heterocycles. The van der Waals surface area contributed by atoms with Crippen LogP contribution in [0.3, 0.4) is 0 Å². The van der Waals surface area contributed by atoms with Crippen molar-refractivity contribution < 1.29 is 14.3 Å². The Kier molecular flexibility index (Phi) is 9.14. The third kappa shape index (κ3) is 7.40. The molecule has 39 heavy (non-hydrogen) atoms. The second kappa shape index (κ2) is 13.3. The number of halogens is 1. The Morgan fingerprint density at radius 1 is 0.897 bits per heavy atom. The van der Waals surface area contributed by atoms with Crippen LogP contribution in [0.4, 0.5) is 10.5 Å². The van der Waals surface area contributed by atoms with E-state index in [1.54, 1.807) is 6.20 Å². The van der Waals surface area contributed by atoms with Crippen LogP contribution in [0.15, 0.2) is 79.0 Å². The van der Waals surface area contributed by atoms with Crippen molar-refractivity contribution in [3.8, 4) is 11.5 Å². The molecule has 1 fully saturated rings. The molecule has 2 N–H and O–H groups in total. The van der Waals surface area contributed by atoms with Crippen molar-refractivity contribution in [2.45, 2.75) is 32.4 Å². The molecular weight excluding hydrogens is 512 g/mol. The number of amides is 2. The summed E-state index contributed by atoms with van der Waals surface area (Å²) in [5.74, 6) is 1.42. The topological polar surface area (TPSA) is 75.7 Å². The van der Waals surface area contributed by atoms with Gasteiger partial charge in [0, 0.05) is 23.5 Å². The Labute approximate surface area is 234 Å². The van der Waals surface area contributed by atoms with Crippen molar-refractivity contribution in [1.29, 1.82) is 0 Å². The van der Waals surface area contributed by atoms with E-state index in [1.807, 2.05) is 72.8 Å². The number of benzene rings is 3. The first-order chi connectivity index (χ1) is 19.2. The molecule has 1 aliphatic heterocycles. The number of nitrogens with one attached hydrogen (secondary N) is 2. The SMILES string of the molecule is O=C(NCc1ccccn1)Nc1ccc(OCc2ccc(OCCN3CCCCC3)c(Cl)c2)c2ccccc12. The van der Waals surface area contributed by atoms with Crippen LogP contribution in [-0.4, -0.2) is 42.2 Å². The number of fused-ring (bicyclic) bond motifs is 1. The molecule has 202 valence electrons. The number of ether oxygens (including phenoxy) is 2. The number of nitrogens with zero attached hydrogens (tertiary/aromatic N) is 2. The van der Waals surface area contributed by atoms with Gasteiger partial charge >= 0.3 is 6.03 Å². The van der Waals surface area contributed by atoms with Crippen molar-refractivity contribution in [2.75, 3.05) is 31.6 Å². The smallest absolute Gasteiger partial charge is 0.319 e. The summed E-state index contributed by atoms with van der Waals surface area (Å²) in [7, 11) is 0. The van der Waals surface area contributed by atoms with E-state index in [-0.39, 0.29) is 6.03 Å². The van der Waals surface area contributed by atoms with Crippen molar-refractivity contribution in [3.05, 3.63) is 95.3 Å². The molecule has 7 nitrogen and oxygen atoms in total. The zero-order chi connectivity index (χ0) is 26.9. The van der Waals surface area contributed by atoms with Gasteiger partial charge in [0.15, 0.2) is 0 Å². The Balaban J connectivity index is 1.18. The van der Waals surface area contributed by atoms with E-state index in [0.29, 0.717) is 36.2 Å². The predicted octanol–water partition coefficient (Wildman–Crippen LogP) is 6.65. The number of piperidine rings is 1. The van der Waals surface area contributed by atoms with E-state index < -0.39 is 0 Å². The molecular formula is C31H33ClN4O3. The van der Waals surface area contributed by atoms with Crippen LogP contribution in [0, 0.1) is 0 Å². The number of rotatable bonds is 10. The molecule has 8 heteroatoms. The van der Waals surface area contributed by atoms with Gasteiger partial charge in [0.05, 0.1) is 22.9 Å². The number of aromatic nitrogens is 1. The first kappa shape index (κ1) is 26.8. The van der Waals surface area contributed by atoms with Gasteiger partial charge in [-0.25, -0.2) is 4.79 Å². The van der Waals surface area contributed by atoms with Gasteiger partial charge in [-0.1, -0.05) is 54.4 Å². The summed E-state index contributed by atoms with van der Waals surface area (Å²) in [5.41, 5.74) is 2.44. The molecule has 0 aliphatic carbocycles. The fourth-order valence-electron chi connectivity index (χ4n) is 4.73.